The molecule has 55 heavy (non-hydrogen) atoms. The predicted octanol–water partition coefficient (Wildman–Crippen LogP) is 13.1. The second-order valence-corrected chi connectivity index (χ2v) is 14.5. The number of fused-ring (bicyclic) bond motifs is 4. The first-order valence-electron chi connectivity index (χ1n) is 19.1. The number of hydrogen-bond acceptors (Lipinski definition) is 3. The second-order valence-electron chi connectivity index (χ2n) is 14.5. The molecule has 0 spiro atoms. The molecule has 0 saturated heterocycles. The van der Waals surface area contributed by atoms with Crippen molar-refractivity contribution in [3.05, 3.63) is 205 Å². The van der Waals surface area contributed by atoms with Gasteiger partial charge in [0.1, 0.15) is 12.0 Å². The molecule has 262 valence electrons. The molecule has 2 atom stereocenters. The normalized spacial score (nSPS) is 16.8. The van der Waals surface area contributed by atoms with Gasteiger partial charge in [0.05, 0.1) is 0 Å². The van der Waals surface area contributed by atoms with Gasteiger partial charge in [0, 0.05) is 18.5 Å². The zero-order valence-electron chi connectivity index (χ0n) is 30.7. The number of amidine groups is 2. The number of allylic oxidation sites excluding steroid dienone is 3. The standard InChI is InChI=1S/C52H39N3/c1-55-51(38-18-6-3-7-19-38)53-50(42-22-14-21-40(33-42)35-15-4-2-5-16-35)54-52(55)39-29-27-37(28-30-39)49-44-24-11-8-17-36(44)31-32-47(49)48-34-41-20-9-10-23-43(41)45-25-12-13-26-46(45)48/h2-18,20-34,38,52H,19H2,1H3. The fourth-order valence-electron chi connectivity index (χ4n) is 8.47. The summed E-state index contributed by atoms with van der Waals surface area (Å²) in [5.74, 6) is 1.97. The Kier molecular flexibility index (Phi) is 8.26. The molecule has 3 nitrogen and oxygen atoms in total. The molecule has 10 rings (SSSR count). The number of aliphatic imine (C=N–C) groups is 2. The molecule has 8 aromatic carbocycles. The third-order valence-corrected chi connectivity index (χ3v) is 11.2. The Labute approximate surface area is 322 Å². The lowest BCUT2D eigenvalue weighted by Crippen LogP contribution is -2.39. The summed E-state index contributed by atoms with van der Waals surface area (Å²) >= 11 is 0. The first kappa shape index (κ1) is 32.8. The van der Waals surface area contributed by atoms with Crippen LogP contribution < -0.4 is 0 Å². The van der Waals surface area contributed by atoms with Crippen molar-refractivity contribution in [2.75, 3.05) is 7.05 Å². The molecule has 3 heteroatoms. The molecule has 0 N–H and O–H groups in total. The van der Waals surface area contributed by atoms with Crippen molar-refractivity contribution in [3.8, 4) is 33.4 Å². The van der Waals surface area contributed by atoms with Crippen molar-refractivity contribution in [3.63, 3.8) is 0 Å². The highest BCUT2D eigenvalue weighted by Crippen LogP contribution is 2.43. The van der Waals surface area contributed by atoms with E-state index in [0.29, 0.717) is 0 Å². The summed E-state index contributed by atoms with van der Waals surface area (Å²) in [6.07, 6.45) is 9.43. The van der Waals surface area contributed by atoms with Gasteiger partial charge in [-0.15, -0.1) is 0 Å². The average Bonchev–Trinajstić information content (AvgIpc) is 3.26. The monoisotopic (exact) mass is 705 g/mol. The maximum absolute atomic E-state index is 5.38. The minimum Gasteiger partial charge on any atom is -0.337 e. The van der Waals surface area contributed by atoms with Gasteiger partial charge in [-0.2, -0.15) is 0 Å². The molecule has 0 bridgehead atoms. The Morgan fingerprint density at radius 3 is 2.00 bits per heavy atom. The lowest BCUT2D eigenvalue weighted by atomic mass is 9.86. The number of benzene rings is 8. The molecule has 0 aromatic heterocycles. The first-order chi connectivity index (χ1) is 27.2. The Bertz CT molecular complexity index is 2860. The summed E-state index contributed by atoms with van der Waals surface area (Å²) in [5, 5.41) is 7.52. The van der Waals surface area contributed by atoms with Crippen LogP contribution in [0.2, 0.25) is 0 Å². The summed E-state index contributed by atoms with van der Waals surface area (Å²) in [4.78, 5) is 12.9. The molecule has 0 radical (unpaired) electrons. The third kappa shape index (κ3) is 5.95. The minimum atomic E-state index is -0.229. The van der Waals surface area contributed by atoms with Crippen LogP contribution in [0.1, 0.15) is 23.7 Å². The molecule has 0 saturated carbocycles. The molecule has 0 amide bonds. The Hall–Kier alpha value is -6.84. The van der Waals surface area contributed by atoms with Gasteiger partial charge in [-0.05, 0) is 89.8 Å². The van der Waals surface area contributed by atoms with E-state index in [1.807, 2.05) is 0 Å². The van der Waals surface area contributed by atoms with E-state index in [2.05, 4.69) is 206 Å². The number of hydrogen-bond donors (Lipinski definition) is 0. The van der Waals surface area contributed by atoms with Crippen molar-refractivity contribution in [1.29, 1.82) is 0 Å². The van der Waals surface area contributed by atoms with Crippen molar-refractivity contribution >= 4 is 44.0 Å². The van der Waals surface area contributed by atoms with E-state index in [0.717, 1.165) is 34.8 Å². The van der Waals surface area contributed by atoms with Crippen LogP contribution in [0.4, 0.5) is 0 Å². The van der Waals surface area contributed by atoms with Gasteiger partial charge in [0.15, 0.2) is 5.84 Å². The topological polar surface area (TPSA) is 28.0 Å². The smallest absolute Gasteiger partial charge is 0.159 e. The fraction of sp³-hybridized carbons (Fsp3) is 0.0769. The van der Waals surface area contributed by atoms with Crippen molar-refractivity contribution in [2.45, 2.75) is 12.6 Å². The van der Waals surface area contributed by atoms with Gasteiger partial charge < -0.3 is 4.90 Å². The summed E-state index contributed by atoms with van der Waals surface area (Å²) < 4.78 is 0. The van der Waals surface area contributed by atoms with Crippen LogP contribution in [0.25, 0.3) is 65.7 Å². The minimum absolute atomic E-state index is 0.176. The lowest BCUT2D eigenvalue weighted by Gasteiger charge is -2.35. The van der Waals surface area contributed by atoms with Gasteiger partial charge in [-0.1, -0.05) is 182 Å². The van der Waals surface area contributed by atoms with Gasteiger partial charge in [0.25, 0.3) is 0 Å². The van der Waals surface area contributed by atoms with E-state index in [1.165, 1.54) is 60.1 Å². The molecule has 0 fully saturated rings. The number of rotatable bonds is 6. The molecule has 2 aliphatic rings. The molecule has 1 aliphatic carbocycles. The average molecular weight is 706 g/mol. The van der Waals surface area contributed by atoms with Crippen LogP contribution in [0.5, 0.6) is 0 Å². The van der Waals surface area contributed by atoms with Gasteiger partial charge in [-0.25, -0.2) is 9.98 Å². The Morgan fingerprint density at radius 2 is 1.20 bits per heavy atom. The van der Waals surface area contributed by atoms with Gasteiger partial charge >= 0.3 is 0 Å². The van der Waals surface area contributed by atoms with Gasteiger partial charge in [0.2, 0.25) is 0 Å². The molecule has 2 unspecified atom stereocenters. The Morgan fingerprint density at radius 1 is 0.509 bits per heavy atom. The van der Waals surface area contributed by atoms with Crippen LogP contribution in [0, 0.1) is 5.92 Å². The van der Waals surface area contributed by atoms with Crippen molar-refractivity contribution < 1.29 is 0 Å². The number of nitrogens with zero attached hydrogens (tertiary/aromatic N) is 3. The molecular formula is C52H39N3. The molecular weight excluding hydrogens is 667 g/mol. The van der Waals surface area contributed by atoms with E-state index in [4.69, 9.17) is 9.98 Å². The van der Waals surface area contributed by atoms with E-state index in [-0.39, 0.29) is 12.1 Å². The molecule has 1 aliphatic heterocycles. The Balaban J connectivity index is 1.10. The third-order valence-electron chi connectivity index (χ3n) is 11.2. The summed E-state index contributed by atoms with van der Waals surface area (Å²) in [5.41, 5.74) is 9.38. The van der Waals surface area contributed by atoms with Crippen LogP contribution in [0.15, 0.2) is 204 Å². The summed E-state index contributed by atoms with van der Waals surface area (Å²) in [7, 11) is 2.14. The highest BCUT2D eigenvalue weighted by Gasteiger charge is 2.30. The summed E-state index contributed by atoms with van der Waals surface area (Å²) in [6, 6.07) is 61.5. The molecule has 8 aromatic rings. The van der Waals surface area contributed by atoms with E-state index in [9.17, 15) is 0 Å². The zero-order chi connectivity index (χ0) is 36.7. The molecule has 1 heterocycles. The predicted molar refractivity (Wildman–Crippen MR) is 233 cm³/mol. The van der Waals surface area contributed by atoms with E-state index < -0.39 is 0 Å². The van der Waals surface area contributed by atoms with Crippen LogP contribution in [0.3, 0.4) is 0 Å². The van der Waals surface area contributed by atoms with E-state index in [1.54, 1.807) is 0 Å². The quantitative estimate of drug-likeness (QED) is 0.158. The van der Waals surface area contributed by atoms with Crippen LogP contribution >= 0.6 is 0 Å². The summed E-state index contributed by atoms with van der Waals surface area (Å²) in [6.45, 7) is 0. The highest BCUT2D eigenvalue weighted by atomic mass is 15.3. The SMILES string of the molecule is CN1C(C2C=CC=CC2)=NC(c2cccc(-c3ccccc3)c2)=NC1c1ccc(-c2c(-c3cc4ccccc4c4ccccc34)ccc3ccccc23)cc1. The van der Waals surface area contributed by atoms with Crippen LogP contribution in [-0.4, -0.2) is 23.6 Å². The zero-order valence-corrected chi connectivity index (χ0v) is 30.7. The maximum atomic E-state index is 5.38. The largest absolute Gasteiger partial charge is 0.337 e. The van der Waals surface area contributed by atoms with Gasteiger partial charge in [-0.3, -0.25) is 0 Å². The fourth-order valence-corrected chi connectivity index (χ4v) is 8.47. The van der Waals surface area contributed by atoms with Crippen LogP contribution in [-0.2, 0) is 0 Å². The van der Waals surface area contributed by atoms with Crippen molar-refractivity contribution in [1.82, 2.24) is 4.90 Å². The second kappa shape index (κ2) is 13.9. The highest BCUT2D eigenvalue weighted by molar-refractivity contribution is 6.17. The maximum Gasteiger partial charge on any atom is 0.159 e. The van der Waals surface area contributed by atoms with E-state index >= 15 is 0 Å². The lowest BCUT2D eigenvalue weighted by molar-refractivity contribution is 0.366. The van der Waals surface area contributed by atoms with Crippen molar-refractivity contribution in [2.24, 2.45) is 15.9 Å². The first-order valence-corrected chi connectivity index (χ1v) is 19.1.